The van der Waals surface area contributed by atoms with Gasteiger partial charge in [-0.15, -0.1) is 0 Å². The first-order valence-corrected chi connectivity index (χ1v) is 4.09. The van der Waals surface area contributed by atoms with E-state index in [2.05, 4.69) is 5.43 Å². The van der Waals surface area contributed by atoms with Crippen LogP contribution in [0.25, 0.3) is 5.57 Å². The van der Waals surface area contributed by atoms with Crippen molar-refractivity contribution in [2.45, 2.75) is 6.92 Å². The molecule has 0 saturated carbocycles. The Labute approximate surface area is 75.6 Å². The smallest absolute Gasteiger partial charge is 0.0963 e. The highest BCUT2D eigenvalue weighted by Crippen LogP contribution is 2.19. The van der Waals surface area contributed by atoms with Crippen molar-refractivity contribution in [3.63, 3.8) is 0 Å². The lowest BCUT2D eigenvalue weighted by atomic mass is 10.1. The molecule has 68 valence electrons. The highest BCUT2D eigenvalue weighted by atomic mass is 16.3. The van der Waals surface area contributed by atoms with Gasteiger partial charge in [-0.05, 0) is 19.1 Å². The lowest BCUT2D eigenvalue weighted by Gasteiger charge is -2.02. The van der Waals surface area contributed by atoms with Crippen molar-refractivity contribution >= 4 is 5.57 Å². The van der Waals surface area contributed by atoms with Gasteiger partial charge >= 0.3 is 0 Å². The largest absolute Gasteiger partial charge is 0.512 e. The van der Waals surface area contributed by atoms with E-state index >= 15 is 0 Å². The normalized spacial score (nSPS) is 17.9. The Balaban J connectivity index is 2.66. The Morgan fingerprint density at radius 2 is 2.46 bits per heavy atom. The summed E-state index contributed by atoms with van der Waals surface area (Å²) in [6.07, 6.45) is 1.79. The number of aliphatic hydroxyl groups excluding tert-OH is 1. The first-order valence-electron chi connectivity index (χ1n) is 4.09. The molecule has 4 nitrogen and oxygen atoms in total. The third kappa shape index (κ3) is 1.20. The van der Waals surface area contributed by atoms with E-state index in [0.29, 0.717) is 17.7 Å². The van der Waals surface area contributed by atoms with Gasteiger partial charge in [0.25, 0.3) is 0 Å². The molecule has 0 fully saturated rings. The summed E-state index contributed by atoms with van der Waals surface area (Å²) in [5.74, 6) is 0.310. The van der Waals surface area contributed by atoms with E-state index < -0.39 is 0 Å². The van der Waals surface area contributed by atoms with Crippen molar-refractivity contribution in [1.82, 2.24) is 4.68 Å². The molecule has 0 saturated heterocycles. The summed E-state index contributed by atoms with van der Waals surface area (Å²) < 4.78 is 1.81. The number of fused-ring (bicyclic) bond motifs is 1. The van der Waals surface area contributed by atoms with Gasteiger partial charge in [-0.1, -0.05) is 0 Å². The predicted octanol–water partition coefficient (Wildman–Crippen LogP) is 0.814. The van der Waals surface area contributed by atoms with Gasteiger partial charge in [0.15, 0.2) is 0 Å². The molecule has 2 heterocycles. The Bertz CT molecular complexity index is 427. The topological polar surface area (TPSA) is 61.0 Å². The van der Waals surface area contributed by atoms with Crippen molar-refractivity contribution in [3.05, 3.63) is 35.1 Å². The molecule has 0 aromatic carbocycles. The molecule has 1 aromatic heterocycles. The average molecular weight is 177 g/mol. The molecule has 1 aromatic rings. The van der Waals surface area contributed by atoms with E-state index in [0.717, 1.165) is 11.3 Å². The maximum atomic E-state index is 9.35. The van der Waals surface area contributed by atoms with Crippen LogP contribution in [0.3, 0.4) is 0 Å². The zero-order valence-corrected chi connectivity index (χ0v) is 7.33. The molecular weight excluding hydrogens is 166 g/mol. The van der Waals surface area contributed by atoms with Crippen molar-refractivity contribution in [2.75, 3.05) is 12.0 Å². The summed E-state index contributed by atoms with van der Waals surface area (Å²) in [5.41, 5.74) is 4.80. The number of hydrogen-bond acceptors (Lipinski definition) is 3. The molecule has 1 aliphatic rings. The maximum absolute atomic E-state index is 9.35. The van der Waals surface area contributed by atoms with Gasteiger partial charge in [-0.3, -0.25) is 4.68 Å². The fourth-order valence-corrected chi connectivity index (χ4v) is 1.44. The van der Waals surface area contributed by atoms with Crippen LogP contribution in [-0.4, -0.2) is 16.3 Å². The van der Waals surface area contributed by atoms with Gasteiger partial charge in [0.05, 0.1) is 23.4 Å². The van der Waals surface area contributed by atoms with Crippen LogP contribution >= 0.6 is 0 Å². The number of aliphatic hydroxyl groups is 1. The van der Waals surface area contributed by atoms with Crippen LogP contribution in [0.1, 0.15) is 12.6 Å². The Morgan fingerprint density at radius 3 is 3.15 bits per heavy atom. The zero-order valence-electron chi connectivity index (χ0n) is 7.33. The Hall–Kier alpha value is -1.71. The molecule has 0 radical (unpaired) electrons. The van der Waals surface area contributed by atoms with Gasteiger partial charge < -0.3 is 15.9 Å². The summed E-state index contributed by atoms with van der Waals surface area (Å²) in [6, 6.07) is 3.43. The van der Waals surface area contributed by atoms with Gasteiger partial charge in [0.1, 0.15) is 0 Å². The van der Waals surface area contributed by atoms with Gasteiger partial charge in [0, 0.05) is 11.8 Å². The second kappa shape index (κ2) is 2.65. The van der Waals surface area contributed by atoms with Gasteiger partial charge in [-0.25, -0.2) is 0 Å². The molecule has 4 heteroatoms. The molecule has 2 rings (SSSR count). The molecule has 0 spiro atoms. The molecular formula is C9H11N3O. The molecule has 13 heavy (non-hydrogen) atoms. The number of hydrogen-bond donors (Lipinski definition) is 3. The first-order chi connectivity index (χ1) is 6.18. The molecule has 3 N–H and O–H groups in total. The second-order valence-corrected chi connectivity index (χ2v) is 3.07. The average Bonchev–Trinajstić information content (AvgIpc) is 2.46. The summed E-state index contributed by atoms with van der Waals surface area (Å²) in [4.78, 5) is 0. The molecule has 0 atom stereocenters. The fraction of sp³-hybridized carbons (Fsp3) is 0.222. The van der Waals surface area contributed by atoms with E-state index in [1.165, 1.54) is 0 Å². The number of rotatable bonds is 0. The van der Waals surface area contributed by atoms with Gasteiger partial charge in [0.2, 0.25) is 0 Å². The Kier molecular flexibility index (Phi) is 1.62. The van der Waals surface area contributed by atoms with E-state index in [1.54, 1.807) is 25.3 Å². The van der Waals surface area contributed by atoms with Crippen LogP contribution in [0.15, 0.2) is 24.1 Å². The minimum atomic E-state index is 0.310. The van der Waals surface area contributed by atoms with E-state index in [4.69, 9.17) is 5.41 Å². The van der Waals surface area contributed by atoms with E-state index in [1.807, 2.05) is 4.68 Å². The quantitative estimate of drug-likeness (QED) is 0.514. The number of allylic oxidation sites excluding steroid dienone is 1. The lowest BCUT2D eigenvalue weighted by Crippen LogP contribution is -2.10. The number of aromatic nitrogens is 1. The number of nitrogens with one attached hydrogen (secondary N) is 2. The van der Waals surface area contributed by atoms with Crippen LogP contribution in [0, 0.1) is 5.41 Å². The highest BCUT2D eigenvalue weighted by molar-refractivity contribution is 5.69. The molecule has 0 bridgehead atoms. The molecule has 0 amide bonds. The van der Waals surface area contributed by atoms with E-state index in [9.17, 15) is 5.11 Å². The fourth-order valence-electron chi connectivity index (χ4n) is 1.44. The van der Waals surface area contributed by atoms with E-state index in [-0.39, 0.29) is 0 Å². The van der Waals surface area contributed by atoms with Crippen LogP contribution in [0.2, 0.25) is 0 Å². The summed E-state index contributed by atoms with van der Waals surface area (Å²) in [5, 5.41) is 17.3. The van der Waals surface area contributed by atoms with Crippen molar-refractivity contribution in [3.8, 4) is 0 Å². The predicted molar refractivity (Wildman–Crippen MR) is 49.7 cm³/mol. The minimum Gasteiger partial charge on any atom is -0.512 e. The van der Waals surface area contributed by atoms with Crippen LogP contribution in [-0.2, 0) is 0 Å². The third-order valence-corrected chi connectivity index (χ3v) is 2.13. The summed E-state index contributed by atoms with van der Waals surface area (Å²) in [6.45, 7) is 2.27. The van der Waals surface area contributed by atoms with Crippen molar-refractivity contribution < 1.29 is 5.11 Å². The number of nitrogens with zero attached hydrogens (tertiary/aromatic N) is 1. The van der Waals surface area contributed by atoms with Crippen LogP contribution in [0.5, 0.6) is 0 Å². The SMILES string of the molecule is C/C(O)=C1/CNn2ccc(=N)cc21. The Morgan fingerprint density at radius 1 is 1.69 bits per heavy atom. The monoisotopic (exact) mass is 177 g/mol. The second-order valence-electron chi connectivity index (χ2n) is 3.07. The zero-order chi connectivity index (χ0) is 9.42. The molecule has 1 aliphatic heterocycles. The minimum absolute atomic E-state index is 0.310. The standard InChI is InChI=1S/C9H11N3O/c1-6(13)8-5-11-12-3-2-7(10)4-9(8)12/h2-4,10-11,13H,5H2,1H3/b8-6+,10-7?. The highest BCUT2D eigenvalue weighted by Gasteiger charge is 2.15. The van der Waals surface area contributed by atoms with Crippen molar-refractivity contribution in [2.24, 2.45) is 0 Å². The number of pyridine rings is 1. The van der Waals surface area contributed by atoms with Crippen LogP contribution in [0.4, 0.5) is 0 Å². The van der Waals surface area contributed by atoms with Crippen LogP contribution < -0.4 is 10.8 Å². The lowest BCUT2D eigenvalue weighted by molar-refractivity contribution is 0.416. The maximum Gasteiger partial charge on any atom is 0.0963 e. The van der Waals surface area contributed by atoms with Gasteiger partial charge in [-0.2, -0.15) is 0 Å². The molecule has 0 aliphatic carbocycles. The third-order valence-electron chi connectivity index (χ3n) is 2.13. The van der Waals surface area contributed by atoms with Crippen molar-refractivity contribution in [1.29, 1.82) is 5.41 Å². The summed E-state index contributed by atoms with van der Waals surface area (Å²) >= 11 is 0. The summed E-state index contributed by atoms with van der Waals surface area (Å²) in [7, 11) is 0. The first kappa shape index (κ1) is 7.91. The molecule has 0 unspecified atom stereocenters.